The van der Waals surface area contributed by atoms with Crippen LogP contribution in [0.25, 0.3) is 11.0 Å². The molecule has 2 aromatic rings. The zero-order valence-corrected chi connectivity index (χ0v) is 12.2. The molecule has 112 valence electrons. The van der Waals surface area contributed by atoms with E-state index < -0.39 is 5.97 Å². The summed E-state index contributed by atoms with van der Waals surface area (Å²) in [6.07, 6.45) is -0.0707. The lowest BCUT2D eigenvalue weighted by Gasteiger charge is -2.22. The van der Waals surface area contributed by atoms with Crippen LogP contribution in [0, 0.1) is 5.92 Å². The maximum Gasteiger partial charge on any atom is 0.305 e. The Balaban J connectivity index is 2.21. The molecule has 1 amide bonds. The number of carbonyl (C=O) groups is 2. The number of carboxylic acids is 1. The fraction of sp³-hybridized carbons (Fsp3) is 0.375. The highest BCUT2D eigenvalue weighted by Gasteiger charge is 2.21. The van der Waals surface area contributed by atoms with Crippen LogP contribution in [0.4, 0.5) is 0 Å². The van der Waals surface area contributed by atoms with E-state index in [0.29, 0.717) is 12.1 Å². The van der Waals surface area contributed by atoms with Crippen LogP contribution in [0.3, 0.4) is 0 Å². The highest BCUT2D eigenvalue weighted by Crippen LogP contribution is 2.20. The summed E-state index contributed by atoms with van der Waals surface area (Å²) in [6, 6.07) is 9.10. The Labute approximate surface area is 123 Å². The topological polar surface area (TPSA) is 70.8 Å². The molecule has 0 aliphatic carbocycles. The number of aliphatic carboxylic acids is 1. The van der Waals surface area contributed by atoms with Gasteiger partial charge in [-0.15, -0.1) is 0 Å². The Morgan fingerprint density at radius 1 is 1.29 bits per heavy atom. The normalized spacial score (nSPS) is 11.0. The van der Waals surface area contributed by atoms with Crippen molar-refractivity contribution < 1.29 is 19.1 Å². The van der Waals surface area contributed by atoms with Crippen molar-refractivity contribution in [3.05, 3.63) is 36.1 Å². The Morgan fingerprint density at radius 3 is 2.62 bits per heavy atom. The van der Waals surface area contributed by atoms with Gasteiger partial charge in [-0.3, -0.25) is 9.59 Å². The average molecular weight is 289 g/mol. The van der Waals surface area contributed by atoms with E-state index in [-0.39, 0.29) is 30.6 Å². The van der Waals surface area contributed by atoms with E-state index >= 15 is 0 Å². The number of amides is 1. The van der Waals surface area contributed by atoms with Gasteiger partial charge in [0.1, 0.15) is 5.58 Å². The van der Waals surface area contributed by atoms with E-state index in [4.69, 9.17) is 9.52 Å². The summed E-state index contributed by atoms with van der Waals surface area (Å²) < 4.78 is 5.56. The Bertz CT molecular complexity index is 612. The minimum Gasteiger partial charge on any atom is -0.481 e. The van der Waals surface area contributed by atoms with Gasteiger partial charge in [0.05, 0.1) is 6.42 Å². The fourth-order valence-corrected chi connectivity index (χ4v) is 2.19. The molecule has 0 spiro atoms. The predicted molar refractivity (Wildman–Crippen MR) is 79.2 cm³/mol. The molecule has 0 atom stereocenters. The molecule has 0 saturated carbocycles. The summed E-state index contributed by atoms with van der Waals surface area (Å²) in [5.41, 5.74) is 0.656. The van der Waals surface area contributed by atoms with Gasteiger partial charge >= 0.3 is 5.97 Å². The number of hydrogen-bond donors (Lipinski definition) is 1. The molecule has 1 aromatic heterocycles. The standard InChI is InChI=1S/C16H19NO4/c1-11(2)10-17(8-7-15(18)19)16(20)14-9-12-5-3-4-6-13(12)21-14/h3-6,9,11H,7-8,10H2,1-2H3,(H,18,19). The molecule has 0 unspecified atom stereocenters. The van der Waals surface area contributed by atoms with Gasteiger partial charge in [0.2, 0.25) is 0 Å². The average Bonchev–Trinajstić information content (AvgIpc) is 2.86. The summed E-state index contributed by atoms with van der Waals surface area (Å²) in [7, 11) is 0. The number of furan rings is 1. The lowest BCUT2D eigenvalue weighted by atomic mass is 10.2. The number of rotatable bonds is 6. The van der Waals surface area contributed by atoms with Crippen molar-refractivity contribution >= 4 is 22.8 Å². The smallest absolute Gasteiger partial charge is 0.305 e. The second-order valence-electron chi connectivity index (χ2n) is 5.44. The first kappa shape index (κ1) is 15.1. The molecular formula is C16H19NO4. The quantitative estimate of drug-likeness (QED) is 0.887. The Kier molecular flexibility index (Phi) is 4.62. The summed E-state index contributed by atoms with van der Waals surface area (Å²) >= 11 is 0. The molecular weight excluding hydrogens is 270 g/mol. The van der Waals surface area contributed by atoms with Crippen LogP contribution in [0.15, 0.2) is 34.7 Å². The molecule has 5 heteroatoms. The minimum atomic E-state index is -0.916. The molecule has 21 heavy (non-hydrogen) atoms. The Morgan fingerprint density at radius 2 is 2.00 bits per heavy atom. The molecule has 0 fully saturated rings. The van der Waals surface area contributed by atoms with Crippen molar-refractivity contribution in [2.45, 2.75) is 20.3 Å². The maximum atomic E-state index is 12.5. The molecule has 0 bridgehead atoms. The second kappa shape index (κ2) is 6.43. The third-order valence-electron chi connectivity index (χ3n) is 3.10. The number of fused-ring (bicyclic) bond motifs is 1. The largest absolute Gasteiger partial charge is 0.481 e. The highest BCUT2D eigenvalue weighted by atomic mass is 16.4. The summed E-state index contributed by atoms with van der Waals surface area (Å²) in [6.45, 7) is 4.66. The van der Waals surface area contributed by atoms with Crippen LogP contribution < -0.4 is 0 Å². The maximum absolute atomic E-state index is 12.5. The van der Waals surface area contributed by atoms with Crippen LogP contribution in [0.5, 0.6) is 0 Å². The molecule has 1 aromatic carbocycles. The van der Waals surface area contributed by atoms with Gasteiger partial charge in [-0.2, -0.15) is 0 Å². The third kappa shape index (κ3) is 3.84. The van der Waals surface area contributed by atoms with Crippen molar-refractivity contribution in [2.24, 2.45) is 5.92 Å². The lowest BCUT2D eigenvalue weighted by Crippen LogP contribution is -2.35. The zero-order chi connectivity index (χ0) is 15.4. The van der Waals surface area contributed by atoms with E-state index in [1.165, 1.54) is 4.90 Å². The summed E-state index contributed by atoms with van der Waals surface area (Å²) in [5, 5.41) is 9.67. The first-order chi connectivity index (χ1) is 9.97. The van der Waals surface area contributed by atoms with Crippen molar-refractivity contribution in [3.8, 4) is 0 Å². The van der Waals surface area contributed by atoms with Gasteiger partial charge in [0.15, 0.2) is 5.76 Å². The van der Waals surface area contributed by atoms with Crippen LogP contribution in [-0.2, 0) is 4.79 Å². The summed E-state index contributed by atoms with van der Waals surface area (Å²) in [4.78, 5) is 24.8. The second-order valence-corrected chi connectivity index (χ2v) is 5.44. The number of carboxylic acid groups (broad SMARTS) is 1. The SMILES string of the molecule is CC(C)CN(CCC(=O)O)C(=O)c1cc2ccccc2o1. The highest BCUT2D eigenvalue weighted by molar-refractivity contribution is 5.96. The van der Waals surface area contributed by atoms with Gasteiger partial charge in [0.25, 0.3) is 5.91 Å². The first-order valence-electron chi connectivity index (χ1n) is 6.97. The van der Waals surface area contributed by atoms with Crippen molar-refractivity contribution in [1.82, 2.24) is 4.90 Å². The molecule has 1 N–H and O–H groups in total. The number of para-hydroxylation sites is 1. The zero-order valence-electron chi connectivity index (χ0n) is 12.2. The van der Waals surface area contributed by atoms with Crippen molar-refractivity contribution in [1.29, 1.82) is 0 Å². The Hall–Kier alpha value is -2.30. The van der Waals surface area contributed by atoms with Gasteiger partial charge in [0, 0.05) is 18.5 Å². The van der Waals surface area contributed by atoms with Crippen LogP contribution in [0.2, 0.25) is 0 Å². The number of benzene rings is 1. The molecule has 2 rings (SSSR count). The van der Waals surface area contributed by atoms with Gasteiger partial charge < -0.3 is 14.4 Å². The van der Waals surface area contributed by atoms with Crippen LogP contribution in [-0.4, -0.2) is 35.0 Å². The lowest BCUT2D eigenvalue weighted by molar-refractivity contribution is -0.137. The number of carbonyl (C=O) groups excluding carboxylic acids is 1. The molecule has 0 saturated heterocycles. The molecule has 0 radical (unpaired) electrons. The van der Waals surface area contributed by atoms with E-state index in [9.17, 15) is 9.59 Å². The first-order valence-corrected chi connectivity index (χ1v) is 6.97. The van der Waals surface area contributed by atoms with E-state index in [1.54, 1.807) is 12.1 Å². The van der Waals surface area contributed by atoms with Gasteiger partial charge in [-0.1, -0.05) is 32.0 Å². The monoisotopic (exact) mass is 289 g/mol. The third-order valence-corrected chi connectivity index (χ3v) is 3.10. The number of nitrogens with zero attached hydrogens (tertiary/aromatic N) is 1. The van der Waals surface area contributed by atoms with Crippen molar-refractivity contribution in [2.75, 3.05) is 13.1 Å². The van der Waals surface area contributed by atoms with E-state index in [0.717, 1.165) is 5.39 Å². The van der Waals surface area contributed by atoms with Crippen molar-refractivity contribution in [3.63, 3.8) is 0 Å². The minimum absolute atomic E-state index is 0.0707. The fourth-order valence-electron chi connectivity index (χ4n) is 2.19. The van der Waals surface area contributed by atoms with E-state index in [1.807, 2.05) is 32.0 Å². The van der Waals surface area contributed by atoms with Gasteiger partial charge in [-0.05, 0) is 18.1 Å². The number of hydrogen-bond acceptors (Lipinski definition) is 3. The predicted octanol–water partition coefficient (Wildman–Crippen LogP) is 3.01. The van der Waals surface area contributed by atoms with Crippen LogP contribution >= 0.6 is 0 Å². The van der Waals surface area contributed by atoms with E-state index in [2.05, 4.69) is 0 Å². The molecule has 5 nitrogen and oxygen atoms in total. The molecule has 1 heterocycles. The summed E-state index contributed by atoms with van der Waals surface area (Å²) in [5.74, 6) is -0.670. The van der Waals surface area contributed by atoms with Crippen LogP contribution in [0.1, 0.15) is 30.8 Å². The molecule has 0 aliphatic rings. The molecule has 0 aliphatic heterocycles. The van der Waals surface area contributed by atoms with Gasteiger partial charge in [-0.25, -0.2) is 0 Å².